The molecule has 2 aromatic rings. The average Bonchev–Trinajstić information content (AvgIpc) is 2.57. The van der Waals surface area contributed by atoms with Crippen molar-refractivity contribution in [2.75, 3.05) is 56.4 Å². The molecule has 0 aromatic heterocycles. The van der Waals surface area contributed by atoms with Gasteiger partial charge in [0.15, 0.2) is 0 Å². The molecule has 2 N–H and O–H groups in total. The molecule has 0 unspecified atom stereocenters. The van der Waals surface area contributed by atoms with Crippen LogP contribution >= 0.6 is 21.6 Å². The minimum Gasteiger partial charge on any atom is -0.478 e. The Morgan fingerprint density at radius 1 is 0.600 bits per heavy atom. The van der Waals surface area contributed by atoms with E-state index in [4.69, 9.17) is 10.2 Å². The molecular weight excluding hydrogens is 420 g/mol. The van der Waals surface area contributed by atoms with Gasteiger partial charge in [-0.15, -0.1) is 0 Å². The molecule has 0 radical (unpaired) electrons. The number of quaternary nitrogens is 2. The molecule has 0 bridgehead atoms. The van der Waals surface area contributed by atoms with Crippen molar-refractivity contribution in [1.29, 1.82) is 0 Å². The van der Waals surface area contributed by atoms with Gasteiger partial charge in [-0.1, -0.05) is 45.9 Å². The van der Waals surface area contributed by atoms with Crippen LogP contribution < -0.4 is 0 Å². The highest BCUT2D eigenvalue weighted by molar-refractivity contribution is 8.76. The van der Waals surface area contributed by atoms with Crippen LogP contribution in [-0.4, -0.2) is 87.5 Å². The van der Waals surface area contributed by atoms with E-state index in [1.165, 1.54) is 33.7 Å². The second kappa shape index (κ2) is 12.6. The van der Waals surface area contributed by atoms with Crippen LogP contribution in [0.15, 0.2) is 58.3 Å². The first kappa shape index (κ1) is 28.0. The Morgan fingerprint density at radius 2 is 0.833 bits per heavy atom. The van der Waals surface area contributed by atoms with Crippen LogP contribution in [0.3, 0.4) is 0 Å². The standard InChI is InChI=1S/C14H10O4S2.2C4H12N/c15-13(16)9-5-1-3-7-11(9)19-20-12-8-4-2-6-10(12)14(17)18;2*1-5(2,3)4/h1-8H,(H,15,16)(H,17,18);2*1-4H3/q;2*+1. The molecule has 2 rings (SSSR count). The van der Waals surface area contributed by atoms with E-state index in [-0.39, 0.29) is 11.1 Å². The minimum absolute atomic E-state index is 0.206. The summed E-state index contributed by atoms with van der Waals surface area (Å²) in [6, 6.07) is 13.3. The van der Waals surface area contributed by atoms with Gasteiger partial charge in [0.2, 0.25) is 0 Å². The van der Waals surface area contributed by atoms with Gasteiger partial charge in [0.1, 0.15) is 0 Å². The summed E-state index contributed by atoms with van der Waals surface area (Å²) in [6.07, 6.45) is 0. The normalized spacial score (nSPS) is 10.8. The Bertz CT molecular complexity index is 747. The molecule has 0 saturated heterocycles. The average molecular weight is 455 g/mol. The van der Waals surface area contributed by atoms with Crippen molar-refractivity contribution in [1.82, 2.24) is 0 Å². The Kier molecular flexibility index (Phi) is 11.8. The van der Waals surface area contributed by atoms with Gasteiger partial charge in [-0.25, -0.2) is 9.59 Å². The maximum atomic E-state index is 11.1. The number of hydrogen-bond donors (Lipinski definition) is 2. The van der Waals surface area contributed by atoms with E-state index < -0.39 is 11.9 Å². The van der Waals surface area contributed by atoms with Crippen molar-refractivity contribution in [3.8, 4) is 0 Å². The first-order chi connectivity index (χ1) is 13.6. The van der Waals surface area contributed by atoms with Gasteiger partial charge in [-0.2, -0.15) is 0 Å². The van der Waals surface area contributed by atoms with Crippen LogP contribution in [-0.2, 0) is 0 Å². The molecule has 166 valence electrons. The molecule has 6 nitrogen and oxygen atoms in total. The fourth-order valence-corrected chi connectivity index (χ4v) is 3.87. The first-order valence-electron chi connectivity index (χ1n) is 9.16. The highest BCUT2D eigenvalue weighted by Crippen LogP contribution is 2.40. The van der Waals surface area contributed by atoms with E-state index in [1.807, 2.05) is 0 Å². The van der Waals surface area contributed by atoms with E-state index in [0.29, 0.717) is 9.79 Å². The number of nitrogens with zero attached hydrogens (tertiary/aromatic N) is 2. The monoisotopic (exact) mass is 454 g/mol. The van der Waals surface area contributed by atoms with Gasteiger partial charge < -0.3 is 19.2 Å². The first-order valence-corrected chi connectivity index (χ1v) is 11.3. The summed E-state index contributed by atoms with van der Waals surface area (Å²) in [6.45, 7) is 0. The number of carboxylic acids is 2. The third kappa shape index (κ3) is 14.9. The molecule has 0 spiro atoms. The number of carboxylic acid groups (broad SMARTS) is 2. The van der Waals surface area contributed by atoms with Crippen molar-refractivity contribution in [3.63, 3.8) is 0 Å². The number of aromatic carboxylic acids is 2. The summed E-state index contributed by atoms with van der Waals surface area (Å²) in [5.74, 6) is -2.00. The molecule has 8 heteroatoms. The fourth-order valence-electron chi connectivity index (χ4n) is 1.52. The fraction of sp³-hybridized carbons (Fsp3) is 0.364. The molecule has 0 amide bonds. The van der Waals surface area contributed by atoms with Crippen LogP contribution in [0.4, 0.5) is 0 Å². The van der Waals surface area contributed by atoms with Crippen molar-refractivity contribution in [3.05, 3.63) is 59.7 Å². The number of hydrogen-bond acceptors (Lipinski definition) is 4. The summed E-state index contributed by atoms with van der Waals surface area (Å²) in [5.41, 5.74) is 0.413. The SMILES string of the molecule is C[N+](C)(C)C.C[N+](C)(C)C.O=C(O)c1ccccc1SSc1ccccc1C(=O)O. The van der Waals surface area contributed by atoms with Gasteiger partial charge in [-0.05, 0) is 24.3 Å². The van der Waals surface area contributed by atoms with Gasteiger partial charge in [0.05, 0.1) is 67.5 Å². The summed E-state index contributed by atoms with van der Waals surface area (Å²) in [5, 5.41) is 18.2. The molecule has 0 aliphatic rings. The minimum atomic E-state index is -1.000. The summed E-state index contributed by atoms with van der Waals surface area (Å²) in [7, 11) is 19.5. The molecule has 30 heavy (non-hydrogen) atoms. The highest BCUT2D eigenvalue weighted by atomic mass is 33.1. The summed E-state index contributed by atoms with van der Waals surface area (Å²) in [4.78, 5) is 23.4. The Morgan fingerprint density at radius 3 is 1.07 bits per heavy atom. The van der Waals surface area contributed by atoms with Crippen molar-refractivity contribution in [2.24, 2.45) is 0 Å². The molecular formula is C22H34N2O4S2+2. The molecule has 2 aromatic carbocycles. The third-order valence-electron chi connectivity index (χ3n) is 2.46. The van der Waals surface area contributed by atoms with Crippen LogP contribution in [0.5, 0.6) is 0 Å². The Hall–Kier alpha value is -2.00. The Labute approximate surface area is 188 Å². The molecule has 0 fully saturated rings. The zero-order valence-corrected chi connectivity index (χ0v) is 20.7. The zero-order chi connectivity index (χ0) is 23.5. The predicted molar refractivity (Wildman–Crippen MR) is 126 cm³/mol. The van der Waals surface area contributed by atoms with E-state index in [1.54, 1.807) is 36.4 Å². The van der Waals surface area contributed by atoms with Crippen molar-refractivity contribution >= 4 is 33.5 Å². The van der Waals surface area contributed by atoms with Gasteiger partial charge in [0, 0.05) is 9.79 Å². The molecule has 0 aliphatic heterocycles. The number of rotatable bonds is 5. The smallest absolute Gasteiger partial charge is 0.336 e. The lowest BCUT2D eigenvalue weighted by Crippen LogP contribution is -2.27. The molecule has 0 heterocycles. The van der Waals surface area contributed by atoms with Gasteiger partial charge in [-0.3, -0.25) is 0 Å². The lowest BCUT2D eigenvalue weighted by molar-refractivity contribution is -0.849. The second-order valence-electron chi connectivity index (χ2n) is 9.14. The zero-order valence-electron chi connectivity index (χ0n) is 19.0. The lowest BCUT2D eigenvalue weighted by Gasteiger charge is -2.14. The largest absolute Gasteiger partial charge is 0.478 e. The molecule has 0 saturated carbocycles. The van der Waals surface area contributed by atoms with E-state index in [0.717, 1.165) is 8.97 Å². The molecule has 0 atom stereocenters. The quantitative estimate of drug-likeness (QED) is 0.511. The van der Waals surface area contributed by atoms with Crippen molar-refractivity contribution in [2.45, 2.75) is 9.79 Å². The molecule has 0 aliphatic carbocycles. The number of carbonyl (C=O) groups is 2. The second-order valence-corrected chi connectivity index (χ2v) is 11.3. The Balaban J connectivity index is 0.000000702. The highest BCUT2D eigenvalue weighted by Gasteiger charge is 2.13. The van der Waals surface area contributed by atoms with Gasteiger partial charge >= 0.3 is 11.9 Å². The topological polar surface area (TPSA) is 74.6 Å². The summed E-state index contributed by atoms with van der Waals surface area (Å²) >= 11 is 0. The lowest BCUT2D eigenvalue weighted by atomic mass is 10.2. The third-order valence-corrected chi connectivity index (χ3v) is 4.94. The number of benzene rings is 2. The predicted octanol–water partition coefficient (Wildman–Crippen LogP) is 4.53. The van der Waals surface area contributed by atoms with Crippen LogP contribution in [0.25, 0.3) is 0 Å². The summed E-state index contributed by atoms with van der Waals surface area (Å²) < 4.78 is 2.00. The van der Waals surface area contributed by atoms with E-state index in [2.05, 4.69) is 56.4 Å². The van der Waals surface area contributed by atoms with E-state index >= 15 is 0 Å². The maximum Gasteiger partial charge on any atom is 0.336 e. The van der Waals surface area contributed by atoms with Crippen LogP contribution in [0.2, 0.25) is 0 Å². The van der Waals surface area contributed by atoms with Crippen molar-refractivity contribution < 1.29 is 28.8 Å². The van der Waals surface area contributed by atoms with Crippen LogP contribution in [0.1, 0.15) is 20.7 Å². The van der Waals surface area contributed by atoms with Gasteiger partial charge in [0.25, 0.3) is 0 Å². The van der Waals surface area contributed by atoms with E-state index in [9.17, 15) is 9.59 Å². The van der Waals surface area contributed by atoms with Crippen LogP contribution in [0, 0.1) is 0 Å². The maximum absolute atomic E-state index is 11.1.